The van der Waals surface area contributed by atoms with Crippen LogP contribution in [0.3, 0.4) is 0 Å². The summed E-state index contributed by atoms with van der Waals surface area (Å²) >= 11 is 0. The number of benzene rings is 4. The molecule has 0 amide bonds. The van der Waals surface area contributed by atoms with Crippen LogP contribution in [-0.2, 0) is 9.31 Å². The van der Waals surface area contributed by atoms with Crippen molar-refractivity contribution in [2.24, 2.45) is 0 Å². The van der Waals surface area contributed by atoms with E-state index in [4.69, 9.17) is 24.3 Å². The lowest BCUT2D eigenvalue weighted by Gasteiger charge is -2.32. The van der Waals surface area contributed by atoms with Gasteiger partial charge in [0.25, 0.3) is 0 Å². The van der Waals surface area contributed by atoms with Crippen molar-refractivity contribution in [2.75, 3.05) is 0 Å². The molecule has 7 nitrogen and oxygen atoms in total. The van der Waals surface area contributed by atoms with Crippen LogP contribution in [0.5, 0.6) is 0 Å². The summed E-state index contributed by atoms with van der Waals surface area (Å²) in [7, 11) is -0.664. The van der Waals surface area contributed by atoms with Crippen molar-refractivity contribution in [2.45, 2.75) is 38.9 Å². The first kappa shape index (κ1) is 26.3. The van der Waals surface area contributed by atoms with Crippen LogP contribution in [-0.4, -0.2) is 33.3 Å². The van der Waals surface area contributed by atoms with Crippen LogP contribution in [0, 0.1) is 22.7 Å². The molecular formula is C33H26BN5O2. The molecule has 4 aromatic carbocycles. The minimum absolute atomic E-state index is 0.424. The molecule has 0 saturated carbocycles. The van der Waals surface area contributed by atoms with Crippen LogP contribution in [0.25, 0.3) is 44.9 Å². The molecule has 0 spiro atoms. The lowest BCUT2D eigenvalue weighted by atomic mass is 9.75. The van der Waals surface area contributed by atoms with Gasteiger partial charge in [-0.15, -0.1) is 0 Å². The molecule has 0 unspecified atom stereocenters. The second-order valence-electron chi connectivity index (χ2n) is 11.0. The molecule has 5 aromatic rings. The van der Waals surface area contributed by atoms with Gasteiger partial charge in [-0.05, 0) is 68.8 Å². The van der Waals surface area contributed by atoms with Crippen LogP contribution in [0.2, 0.25) is 0 Å². The summed E-state index contributed by atoms with van der Waals surface area (Å²) in [6, 6.07) is 31.2. The van der Waals surface area contributed by atoms with E-state index in [1.807, 2.05) is 82.3 Å². The summed E-state index contributed by atoms with van der Waals surface area (Å²) in [5.41, 5.74) is 2.87. The topological polar surface area (TPSA) is 105 Å². The van der Waals surface area contributed by atoms with Crippen molar-refractivity contribution < 1.29 is 9.31 Å². The zero-order valence-corrected chi connectivity index (χ0v) is 23.2. The smallest absolute Gasteiger partial charge is 0.399 e. The molecule has 2 heterocycles. The van der Waals surface area contributed by atoms with Crippen LogP contribution in [0.1, 0.15) is 38.8 Å². The average Bonchev–Trinajstić information content (AvgIpc) is 3.22. The highest BCUT2D eigenvalue weighted by molar-refractivity contribution is 6.62. The third-order valence-electron chi connectivity index (χ3n) is 7.88. The Balaban J connectivity index is 1.50. The molecule has 1 aliphatic heterocycles. The first-order valence-electron chi connectivity index (χ1n) is 13.3. The van der Waals surface area contributed by atoms with E-state index in [0.29, 0.717) is 39.6 Å². The van der Waals surface area contributed by atoms with Crippen molar-refractivity contribution in [3.8, 4) is 46.3 Å². The highest BCUT2D eigenvalue weighted by Gasteiger charge is 2.52. The van der Waals surface area contributed by atoms with Crippen LogP contribution in [0.4, 0.5) is 0 Å². The van der Waals surface area contributed by atoms with Crippen LogP contribution in [0.15, 0.2) is 84.9 Å². The molecule has 41 heavy (non-hydrogen) atoms. The Morgan fingerprint density at radius 3 is 1.95 bits per heavy atom. The fourth-order valence-electron chi connectivity index (χ4n) is 4.84. The van der Waals surface area contributed by atoms with Gasteiger partial charge < -0.3 is 9.31 Å². The lowest BCUT2D eigenvalue weighted by Crippen LogP contribution is -2.41. The lowest BCUT2D eigenvalue weighted by molar-refractivity contribution is 0.00578. The highest BCUT2D eigenvalue weighted by atomic mass is 16.7. The summed E-state index contributed by atoms with van der Waals surface area (Å²) in [6.45, 7) is 7.94. The van der Waals surface area contributed by atoms with Gasteiger partial charge in [0.05, 0.1) is 34.5 Å². The molecule has 1 aromatic heterocycles. The molecule has 0 aliphatic carbocycles. The average molecular weight is 535 g/mol. The van der Waals surface area contributed by atoms with Crippen LogP contribution < -0.4 is 5.46 Å². The van der Waals surface area contributed by atoms with E-state index in [1.54, 1.807) is 18.2 Å². The van der Waals surface area contributed by atoms with E-state index in [0.717, 1.165) is 21.9 Å². The molecule has 8 heteroatoms. The summed E-state index contributed by atoms with van der Waals surface area (Å²) in [5, 5.41) is 21.5. The minimum Gasteiger partial charge on any atom is -0.399 e. The molecule has 0 atom stereocenters. The largest absolute Gasteiger partial charge is 0.496 e. The quantitative estimate of drug-likeness (QED) is 0.257. The van der Waals surface area contributed by atoms with E-state index in [1.165, 1.54) is 0 Å². The van der Waals surface area contributed by atoms with Gasteiger partial charge in [0.2, 0.25) is 0 Å². The third kappa shape index (κ3) is 4.74. The minimum atomic E-state index is -0.664. The molecular weight excluding hydrogens is 509 g/mol. The molecule has 6 rings (SSSR count). The maximum Gasteiger partial charge on any atom is 0.496 e. The number of rotatable bonds is 4. The second-order valence-corrected chi connectivity index (χ2v) is 11.0. The molecule has 1 fully saturated rings. The Morgan fingerprint density at radius 1 is 0.659 bits per heavy atom. The summed E-state index contributed by atoms with van der Waals surface area (Å²) < 4.78 is 12.4. The van der Waals surface area contributed by atoms with Crippen molar-refractivity contribution in [3.63, 3.8) is 0 Å². The van der Waals surface area contributed by atoms with E-state index in [2.05, 4.69) is 24.3 Å². The van der Waals surface area contributed by atoms with Crippen molar-refractivity contribution in [1.29, 1.82) is 10.5 Å². The van der Waals surface area contributed by atoms with Gasteiger partial charge in [-0.3, -0.25) is 0 Å². The predicted molar refractivity (Wildman–Crippen MR) is 159 cm³/mol. The Morgan fingerprint density at radius 2 is 1.27 bits per heavy atom. The maximum absolute atomic E-state index is 10.1. The SMILES string of the molecule is CC1(C)OB(c2ccc(-c3nc(-c4ccc(C#N)cc4)nc(-c4cccc5ccccc45)n3)cc2C#N)OC1(C)C. The summed E-state index contributed by atoms with van der Waals surface area (Å²) in [6.07, 6.45) is 0. The monoisotopic (exact) mass is 535 g/mol. The standard InChI is InChI=1S/C33H26BN5O2/c1-32(2)33(3,4)41-34(40-32)28-17-16-24(18-25(28)20-36)30-37-29(23-14-12-21(19-35)13-15-23)38-31(39-30)27-11-7-9-22-8-5-6-10-26(22)27/h5-18H,1-4H3. The molecule has 0 N–H and O–H groups in total. The van der Waals surface area contributed by atoms with Gasteiger partial charge in [0.15, 0.2) is 17.5 Å². The number of nitriles is 2. The molecule has 0 bridgehead atoms. The zero-order valence-electron chi connectivity index (χ0n) is 23.2. The number of hydrogen-bond acceptors (Lipinski definition) is 7. The summed E-state index contributed by atoms with van der Waals surface area (Å²) in [5.74, 6) is 1.41. The normalized spacial score (nSPS) is 15.4. The molecule has 0 radical (unpaired) electrons. The Kier molecular flexibility index (Phi) is 6.39. The second kappa shape index (κ2) is 9.94. The maximum atomic E-state index is 10.1. The van der Waals surface area contributed by atoms with Gasteiger partial charge >= 0.3 is 7.12 Å². The Bertz CT molecular complexity index is 1870. The van der Waals surface area contributed by atoms with Crippen molar-refractivity contribution >= 4 is 23.4 Å². The Hall–Kier alpha value is -4.89. The van der Waals surface area contributed by atoms with E-state index in [9.17, 15) is 10.5 Å². The number of hydrogen-bond donors (Lipinski definition) is 0. The zero-order chi connectivity index (χ0) is 28.8. The fraction of sp³-hybridized carbons (Fsp3) is 0.182. The van der Waals surface area contributed by atoms with Gasteiger partial charge in [-0.25, -0.2) is 15.0 Å². The van der Waals surface area contributed by atoms with Gasteiger partial charge in [0, 0.05) is 22.2 Å². The van der Waals surface area contributed by atoms with Crippen LogP contribution >= 0.6 is 0 Å². The molecule has 1 saturated heterocycles. The van der Waals surface area contributed by atoms with Gasteiger partial charge in [0.1, 0.15) is 0 Å². The van der Waals surface area contributed by atoms with Gasteiger partial charge in [-0.2, -0.15) is 10.5 Å². The van der Waals surface area contributed by atoms with E-state index >= 15 is 0 Å². The number of nitrogens with zero attached hydrogens (tertiary/aromatic N) is 5. The third-order valence-corrected chi connectivity index (χ3v) is 7.88. The fourth-order valence-corrected chi connectivity index (χ4v) is 4.84. The van der Waals surface area contributed by atoms with E-state index in [-0.39, 0.29) is 0 Å². The van der Waals surface area contributed by atoms with Crippen molar-refractivity contribution in [1.82, 2.24) is 15.0 Å². The number of aromatic nitrogens is 3. The number of fused-ring (bicyclic) bond motifs is 1. The Labute approximate surface area is 239 Å². The first-order valence-corrected chi connectivity index (χ1v) is 13.3. The molecule has 198 valence electrons. The first-order chi connectivity index (χ1) is 19.7. The van der Waals surface area contributed by atoms with Gasteiger partial charge in [-0.1, -0.05) is 54.6 Å². The predicted octanol–water partition coefficient (Wildman–Crippen LogP) is 6.07. The van der Waals surface area contributed by atoms with Crippen molar-refractivity contribution in [3.05, 3.63) is 96.1 Å². The molecule has 1 aliphatic rings. The van der Waals surface area contributed by atoms with E-state index < -0.39 is 18.3 Å². The highest BCUT2D eigenvalue weighted by Crippen LogP contribution is 2.37. The summed E-state index contributed by atoms with van der Waals surface area (Å²) in [4.78, 5) is 14.5.